The molecule has 5 rings (SSSR count). The molecular formula is C28H29FN2O2. The molecule has 33 heavy (non-hydrogen) atoms. The largest absolute Gasteiger partial charge is 0.490 e. The molecule has 2 heterocycles. The number of nitrogens with one attached hydrogen (secondary N) is 1. The van der Waals surface area contributed by atoms with E-state index in [9.17, 15) is 9.18 Å². The molecule has 1 N–H and O–H groups in total. The van der Waals surface area contributed by atoms with Gasteiger partial charge in [-0.15, -0.1) is 0 Å². The summed E-state index contributed by atoms with van der Waals surface area (Å²) in [6.45, 7) is 0.439. The van der Waals surface area contributed by atoms with Crippen molar-refractivity contribution in [2.45, 2.75) is 50.4 Å². The van der Waals surface area contributed by atoms with E-state index in [2.05, 4.69) is 17.3 Å². The number of fused-ring (bicyclic) bond motifs is 2. The third-order valence-corrected chi connectivity index (χ3v) is 7.03. The zero-order valence-electron chi connectivity index (χ0n) is 18.8. The van der Waals surface area contributed by atoms with Gasteiger partial charge in [-0.25, -0.2) is 4.39 Å². The third-order valence-electron chi connectivity index (χ3n) is 7.03. The molecule has 2 aliphatic rings. The Kier molecular flexibility index (Phi) is 6.14. The molecule has 4 nitrogen and oxygen atoms in total. The molecule has 5 heteroatoms. The number of carbonyl (C=O) groups is 1. The van der Waals surface area contributed by atoms with E-state index in [-0.39, 0.29) is 17.8 Å². The number of hydrogen-bond donors (Lipinski definition) is 1. The summed E-state index contributed by atoms with van der Waals surface area (Å²) in [5.41, 5.74) is 3.46. The maximum Gasteiger partial charge on any atom is 0.251 e. The second kappa shape index (κ2) is 9.36. The number of benzene rings is 3. The second-order valence-electron chi connectivity index (χ2n) is 9.18. The molecule has 2 bridgehead atoms. The molecule has 3 atom stereocenters. The second-order valence-corrected chi connectivity index (χ2v) is 9.18. The predicted octanol–water partition coefficient (Wildman–Crippen LogP) is 5.43. The molecule has 1 amide bonds. The Labute approximate surface area is 194 Å². The quantitative estimate of drug-likeness (QED) is 0.552. The van der Waals surface area contributed by atoms with E-state index in [4.69, 9.17) is 4.74 Å². The summed E-state index contributed by atoms with van der Waals surface area (Å²) in [5, 5.41) is 2.99. The molecule has 2 saturated heterocycles. The summed E-state index contributed by atoms with van der Waals surface area (Å²) >= 11 is 0. The molecule has 0 spiro atoms. The van der Waals surface area contributed by atoms with E-state index in [0.29, 0.717) is 24.2 Å². The lowest BCUT2D eigenvalue weighted by Gasteiger charge is -2.36. The number of hydrogen-bond acceptors (Lipinski definition) is 3. The zero-order valence-corrected chi connectivity index (χ0v) is 18.8. The van der Waals surface area contributed by atoms with E-state index in [0.717, 1.165) is 35.3 Å². The van der Waals surface area contributed by atoms with Gasteiger partial charge in [0.1, 0.15) is 17.7 Å². The Balaban J connectivity index is 1.17. The first-order valence-corrected chi connectivity index (χ1v) is 11.7. The SMILES string of the molecule is CN1[C@@H]2CC[C@H]1C[C@H](Oc1cccc(CNC(=O)c3ccc(-c4ccc(F)cc4)cc3)c1)C2. The fraction of sp³-hybridized carbons (Fsp3) is 0.321. The molecule has 3 aromatic rings. The van der Waals surface area contributed by atoms with E-state index >= 15 is 0 Å². The minimum absolute atomic E-state index is 0.126. The standard InChI is InChI=1S/C28H29FN2O2/c1-31-24-13-14-25(31)17-27(16-24)33-26-4-2-3-19(15-26)18-30-28(32)22-7-5-20(6-8-22)21-9-11-23(29)12-10-21/h2-12,15,24-25,27H,13-14,16-18H2,1H3,(H,30,32)/t24-,25+,27-. The minimum Gasteiger partial charge on any atom is -0.490 e. The van der Waals surface area contributed by atoms with Gasteiger partial charge in [0.2, 0.25) is 0 Å². The number of ether oxygens (including phenoxy) is 1. The van der Waals surface area contributed by atoms with Crippen molar-refractivity contribution >= 4 is 5.91 Å². The van der Waals surface area contributed by atoms with Crippen LogP contribution in [0, 0.1) is 5.82 Å². The maximum absolute atomic E-state index is 13.1. The molecule has 3 aromatic carbocycles. The highest BCUT2D eigenvalue weighted by atomic mass is 19.1. The van der Waals surface area contributed by atoms with Gasteiger partial charge in [-0.05, 0) is 85.8 Å². The van der Waals surface area contributed by atoms with Crippen LogP contribution < -0.4 is 10.1 Å². The Morgan fingerprint density at radius 3 is 2.27 bits per heavy atom. The smallest absolute Gasteiger partial charge is 0.251 e. The first-order valence-electron chi connectivity index (χ1n) is 11.7. The number of rotatable bonds is 6. The van der Waals surface area contributed by atoms with E-state index < -0.39 is 0 Å². The lowest BCUT2D eigenvalue weighted by atomic mass is 10.0. The van der Waals surface area contributed by atoms with Gasteiger partial charge in [0.05, 0.1) is 0 Å². The molecule has 0 aromatic heterocycles. The number of nitrogens with zero attached hydrogens (tertiary/aromatic N) is 1. The fourth-order valence-electron chi connectivity index (χ4n) is 5.12. The van der Waals surface area contributed by atoms with Crippen LogP contribution in [0.3, 0.4) is 0 Å². The topological polar surface area (TPSA) is 41.6 Å². The number of halogens is 1. The molecule has 170 valence electrons. The van der Waals surface area contributed by atoms with Crippen molar-refractivity contribution in [2.75, 3.05) is 7.05 Å². The van der Waals surface area contributed by atoms with Crippen LogP contribution in [-0.4, -0.2) is 36.0 Å². The van der Waals surface area contributed by atoms with Crippen molar-refractivity contribution < 1.29 is 13.9 Å². The third kappa shape index (κ3) is 4.93. The van der Waals surface area contributed by atoms with Crippen LogP contribution in [0.1, 0.15) is 41.6 Å². The van der Waals surface area contributed by atoms with Crippen LogP contribution in [0.2, 0.25) is 0 Å². The van der Waals surface area contributed by atoms with Crippen molar-refractivity contribution in [1.29, 1.82) is 0 Å². The van der Waals surface area contributed by atoms with Gasteiger partial charge in [0.25, 0.3) is 5.91 Å². The van der Waals surface area contributed by atoms with Gasteiger partial charge in [0.15, 0.2) is 0 Å². The summed E-state index contributed by atoms with van der Waals surface area (Å²) in [7, 11) is 2.23. The molecule has 0 saturated carbocycles. The molecule has 2 fully saturated rings. The van der Waals surface area contributed by atoms with Gasteiger partial charge in [-0.3, -0.25) is 4.79 Å². The highest BCUT2D eigenvalue weighted by Crippen LogP contribution is 2.36. The Morgan fingerprint density at radius 2 is 1.61 bits per heavy atom. The van der Waals surface area contributed by atoms with Crippen molar-refractivity contribution in [3.8, 4) is 16.9 Å². The zero-order chi connectivity index (χ0) is 22.8. The average molecular weight is 445 g/mol. The fourth-order valence-corrected chi connectivity index (χ4v) is 5.12. The molecule has 2 aliphatic heterocycles. The van der Waals surface area contributed by atoms with Crippen LogP contribution in [0.15, 0.2) is 72.8 Å². The maximum atomic E-state index is 13.1. The van der Waals surface area contributed by atoms with Crippen LogP contribution >= 0.6 is 0 Å². The number of amides is 1. The Hall–Kier alpha value is -3.18. The lowest BCUT2D eigenvalue weighted by Crippen LogP contribution is -2.43. The monoisotopic (exact) mass is 444 g/mol. The van der Waals surface area contributed by atoms with Crippen molar-refractivity contribution in [3.05, 3.63) is 89.7 Å². The summed E-state index contributed by atoms with van der Waals surface area (Å²) in [5.74, 6) is 0.487. The number of carbonyl (C=O) groups excluding carboxylic acids is 1. The Bertz CT molecular complexity index is 1100. The summed E-state index contributed by atoms with van der Waals surface area (Å²) in [6, 6.07) is 23.0. The molecule has 0 radical (unpaired) electrons. The van der Waals surface area contributed by atoms with Crippen molar-refractivity contribution in [3.63, 3.8) is 0 Å². The number of piperidine rings is 1. The van der Waals surface area contributed by atoms with Gasteiger partial charge >= 0.3 is 0 Å². The van der Waals surface area contributed by atoms with Gasteiger partial charge in [-0.2, -0.15) is 0 Å². The highest BCUT2D eigenvalue weighted by Gasteiger charge is 2.39. The van der Waals surface area contributed by atoms with Crippen molar-refractivity contribution in [2.24, 2.45) is 0 Å². The lowest BCUT2D eigenvalue weighted by molar-refractivity contribution is 0.0661. The van der Waals surface area contributed by atoms with E-state index in [1.807, 2.05) is 36.4 Å². The van der Waals surface area contributed by atoms with Gasteiger partial charge in [-0.1, -0.05) is 36.4 Å². The first kappa shape index (κ1) is 21.7. The minimum atomic E-state index is -0.261. The van der Waals surface area contributed by atoms with Crippen LogP contribution in [-0.2, 0) is 6.54 Å². The van der Waals surface area contributed by atoms with Crippen LogP contribution in [0.5, 0.6) is 5.75 Å². The normalized spacial score (nSPS) is 22.2. The van der Waals surface area contributed by atoms with Crippen LogP contribution in [0.25, 0.3) is 11.1 Å². The molecule has 0 unspecified atom stereocenters. The van der Waals surface area contributed by atoms with Crippen molar-refractivity contribution in [1.82, 2.24) is 10.2 Å². The average Bonchev–Trinajstić information content (AvgIpc) is 3.04. The van der Waals surface area contributed by atoms with Gasteiger partial charge < -0.3 is 15.0 Å². The summed E-state index contributed by atoms with van der Waals surface area (Å²) < 4.78 is 19.4. The molecular weight excluding hydrogens is 415 g/mol. The van der Waals surface area contributed by atoms with E-state index in [1.54, 1.807) is 24.3 Å². The Morgan fingerprint density at radius 1 is 0.970 bits per heavy atom. The van der Waals surface area contributed by atoms with Crippen LogP contribution in [0.4, 0.5) is 4.39 Å². The molecule has 0 aliphatic carbocycles. The summed E-state index contributed by atoms with van der Waals surface area (Å²) in [4.78, 5) is 15.1. The predicted molar refractivity (Wildman–Crippen MR) is 128 cm³/mol. The first-order chi connectivity index (χ1) is 16.0. The summed E-state index contributed by atoms with van der Waals surface area (Å²) in [6.07, 6.45) is 4.99. The van der Waals surface area contributed by atoms with Gasteiger partial charge in [0, 0.05) is 24.2 Å². The van der Waals surface area contributed by atoms with E-state index in [1.165, 1.54) is 25.0 Å². The highest BCUT2D eigenvalue weighted by molar-refractivity contribution is 5.94.